The van der Waals surface area contributed by atoms with E-state index in [2.05, 4.69) is 5.32 Å². The molecule has 0 saturated carbocycles. The lowest BCUT2D eigenvalue weighted by atomic mass is 10.1. The van der Waals surface area contributed by atoms with Crippen LogP contribution in [0.5, 0.6) is 0 Å². The van der Waals surface area contributed by atoms with E-state index in [9.17, 15) is 14.4 Å². The minimum absolute atomic E-state index is 0.245. The molecule has 1 aliphatic heterocycles. The van der Waals surface area contributed by atoms with Crippen molar-refractivity contribution in [3.8, 4) is 0 Å². The largest absolute Gasteiger partial charge is 0.339 e. The fourth-order valence-electron chi connectivity index (χ4n) is 0.976. The Kier molecular flexibility index (Phi) is 2.36. The summed E-state index contributed by atoms with van der Waals surface area (Å²) in [5.74, 6) is -0.491. The highest BCUT2D eigenvalue weighted by atomic mass is 16.2. The minimum atomic E-state index is -1.02. The Balaban J connectivity index is 2.66. The van der Waals surface area contributed by atoms with E-state index in [0.29, 0.717) is 19.3 Å². The van der Waals surface area contributed by atoms with Gasteiger partial charge < -0.3 is 5.32 Å². The summed E-state index contributed by atoms with van der Waals surface area (Å²) in [6.07, 6.45) is 2.64. The van der Waals surface area contributed by atoms with Gasteiger partial charge in [-0.15, -0.1) is 0 Å². The summed E-state index contributed by atoms with van der Waals surface area (Å²) in [7, 11) is 0. The van der Waals surface area contributed by atoms with Crippen LogP contribution >= 0.6 is 0 Å². The van der Waals surface area contributed by atoms with Gasteiger partial charge in [-0.3, -0.25) is 14.4 Å². The lowest BCUT2D eigenvalue weighted by molar-refractivity contribution is -0.124. The van der Waals surface area contributed by atoms with Gasteiger partial charge in [-0.25, -0.2) is 0 Å². The van der Waals surface area contributed by atoms with Crippen molar-refractivity contribution in [1.29, 1.82) is 0 Å². The second-order valence-electron chi connectivity index (χ2n) is 2.44. The molecule has 1 N–H and O–H groups in total. The lowest BCUT2D eigenvalue weighted by Gasteiger charge is -2.03. The van der Waals surface area contributed by atoms with Crippen LogP contribution in [0.4, 0.5) is 0 Å². The fourth-order valence-corrected chi connectivity index (χ4v) is 0.976. The molecule has 0 aromatic rings. The number of ketones is 1. The zero-order valence-corrected chi connectivity index (χ0v) is 5.92. The van der Waals surface area contributed by atoms with Crippen LogP contribution in [-0.2, 0) is 14.4 Å². The quantitative estimate of drug-likeness (QED) is 0.509. The topological polar surface area (TPSA) is 63.2 Å². The molecule has 1 rings (SSSR count). The highest BCUT2D eigenvalue weighted by Gasteiger charge is 2.23. The molecule has 0 aromatic carbocycles. The number of rotatable bonds is 1. The van der Waals surface area contributed by atoms with Crippen LogP contribution in [0, 0.1) is 0 Å². The standard InChI is InChI=1S/C7H8NO3/c9-4-5-6(10)2-1-3-7(11)8-5/h5H,1-3H2,(H,8,11)/t5-/m1/s1. The maximum atomic E-state index is 10.9. The number of hydrogen-bond donors (Lipinski definition) is 1. The van der Waals surface area contributed by atoms with Crippen molar-refractivity contribution in [3.05, 3.63) is 0 Å². The Morgan fingerprint density at radius 3 is 2.73 bits per heavy atom. The monoisotopic (exact) mass is 154 g/mol. The predicted octanol–water partition coefficient (Wildman–Crippen LogP) is -0.666. The number of Topliss-reactive ketones (excluding diaryl/α,β-unsaturated/α-hetero) is 1. The Morgan fingerprint density at radius 2 is 2.09 bits per heavy atom. The van der Waals surface area contributed by atoms with Crippen LogP contribution in [0.3, 0.4) is 0 Å². The van der Waals surface area contributed by atoms with Crippen molar-refractivity contribution >= 4 is 18.0 Å². The highest BCUT2D eigenvalue weighted by Crippen LogP contribution is 2.04. The van der Waals surface area contributed by atoms with Crippen molar-refractivity contribution in [2.45, 2.75) is 25.3 Å². The van der Waals surface area contributed by atoms with E-state index in [1.165, 1.54) is 6.29 Å². The van der Waals surface area contributed by atoms with Crippen molar-refractivity contribution in [2.24, 2.45) is 0 Å². The molecule has 1 atom stereocenters. The van der Waals surface area contributed by atoms with E-state index in [1.54, 1.807) is 0 Å². The molecule has 11 heavy (non-hydrogen) atoms. The van der Waals surface area contributed by atoms with E-state index in [-0.39, 0.29) is 11.7 Å². The van der Waals surface area contributed by atoms with Crippen LogP contribution < -0.4 is 5.32 Å². The van der Waals surface area contributed by atoms with Crippen LogP contribution in [0.2, 0.25) is 0 Å². The van der Waals surface area contributed by atoms with Crippen molar-refractivity contribution in [3.63, 3.8) is 0 Å². The van der Waals surface area contributed by atoms with Crippen LogP contribution in [0.25, 0.3) is 0 Å². The molecule has 59 valence electrons. The molecular weight excluding hydrogens is 146 g/mol. The summed E-state index contributed by atoms with van der Waals surface area (Å²) < 4.78 is 0. The molecule has 0 bridgehead atoms. The molecule has 0 aliphatic carbocycles. The number of amides is 1. The Hall–Kier alpha value is -1.19. The molecule has 0 unspecified atom stereocenters. The molecular formula is C7H8NO3. The Bertz CT molecular complexity index is 200. The van der Waals surface area contributed by atoms with E-state index < -0.39 is 6.04 Å². The second-order valence-corrected chi connectivity index (χ2v) is 2.44. The number of carbonyl (C=O) groups is 2. The van der Waals surface area contributed by atoms with Gasteiger partial charge in [-0.05, 0) is 6.42 Å². The Morgan fingerprint density at radius 1 is 1.36 bits per heavy atom. The van der Waals surface area contributed by atoms with Gasteiger partial charge in [-0.2, -0.15) is 0 Å². The summed E-state index contributed by atoms with van der Waals surface area (Å²) in [6, 6.07) is -1.02. The van der Waals surface area contributed by atoms with Crippen molar-refractivity contribution in [2.75, 3.05) is 0 Å². The van der Waals surface area contributed by atoms with Gasteiger partial charge in [0.1, 0.15) is 0 Å². The van der Waals surface area contributed by atoms with Crippen molar-refractivity contribution < 1.29 is 14.4 Å². The molecule has 1 saturated heterocycles. The van der Waals surface area contributed by atoms with Crippen molar-refractivity contribution in [1.82, 2.24) is 5.32 Å². The molecule has 1 amide bonds. The summed E-state index contributed by atoms with van der Waals surface area (Å²) in [5.41, 5.74) is 0. The normalized spacial score (nSPS) is 25.6. The molecule has 4 heteroatoms. The molecule has 1 heterocycles. The molecule has 0 spiro atoms. The van der Waals surface area contributed by atoms with Crippen LogP contribution in [0.1, 0.15) is 19.3 Å². The van der Waals surface area contributed by atoms with Gasteiger partial charge in [0.05, 0.1) is 0 Å². The predicted molar refractivity (Wildman–Crippen MR) is 36.5 cm³/mol. The van der Waals surface area contributed by atoms with Gasteiger partial charge in [0.15, 0.2) is 11.8 Å². The number of hydrogen-bond acceptors (Lipinski definition) is 3. The zero-order chi connectivity index (χ0) is 8.27. The summed E-state index contributed by atoms with van der Waals surface area (Å²) in [5, 5.41) is 2.27. The highest BCUT2D eigenvalue weighted by molar-refractivity contribution is 6.01. The molecule has 1 fully saturated rings. The number of nitrogens with one attached hydrogen (secondary N) is 1. The summed E-state index contributed by atoms with van der Waals surface area (Å²) >= 11 is 0. The van der Waals surface area contributed by atoms with Crippen LogP contribution in [0.15, 0.2) is 0 Å². The van der Waals surface area contributed by atoms with Gasteiger partial charge in [0.25, 0.3) is 0 Å². The van der Waals surface area contributed by atoms with E-state index in [0.717, 1.165) is 0 Å². The number of carbonyl (C=O) groups excluding carboxylic acids is 3. The van der Waals surface area contributed by atoms with Gasteiger partial charge in [-0.1, -0.05) is 0 Å². The first-order valence-corrected chi connectivity index (χ1v) is 3.44. The summed E-state index contributed by atoms with van der Waals surface area (Å²) in [6.45, 7) is 0. The smallest absolute Gasteiger partial charge is 0.230 e. The molecule has 1 aliphatic rings. The summed E-state index contributed by atoms with van der Waals surface area (Å²) in [4.78, 5) is 31.8. The van der Waals surface area contributed by atoms with Gasteiger partial charge in [0, 0.05) is 12.8 Å². The molecule has 1 radical (unpaired) electrons. The average Bonchev–Trinajstić information content (AvgIpc) is 2.13. The fraction of sp³-hybridized carbons (Fsp3) is 0.571. The average molecular weight is 154 g/mol. The van der Waals surface area contributed by atoms with Gasteiger partial charge in [0.2, 0.25) is 12.2 Å². The third kappa shape index (κ3) is 1.86. The maximum Gasteiger partial charge on any atom is 0.230 e. The van der Waals surface area contributed by atoms with E-state index in [4.69, 9.17) is 0 Å². The Labute approximate surface area is 64.0 Å². The molecule has 4 nitrogen and oxygen atoms in total. The first kappa shape index (κ1) is 7.91. The van der Waals surface area contributed by atoms with E-state index >= 15 is 0 Å². The van der Waals surface area contributed by atoms with Gasteiger partial charge >= 0.3 is 0 Å². The lowest BCUT2D eigenvalue weighted by Crippen LogP contribution is -2.39. The molecule has 0 aromatic heterocycles. The third-order valence-electron chi connectivity index (χ3n) is 1.57. The second kappa shape index (κ2) is 3.27. The third-order valence-corrected chi connectivity index (χ3v) is 1.57. The first-order valence-electron chi connectivity index (χ1n) is 3.44. The van der Waals surface area contributed by atoms with E-state index in [1.807, 2.05) is 0 Å². The SMILES string of the molecule is O=[C][C@H]1NC(=O)CCCC1=O. The first-order chi connectivity index (χ1) is 5.24. The zero-order valence-electron chi connectivity index (χ0n) is 5.92. The maximum absolute atomic E-state index is 10.9. The van der Waals surface area contributed by atoms with Crippen LogP contribution in [-0.4, -0.2) is 24.0 Å². The minimum Gasteiger partial charge on any atom is -0.339 e.